The average molecular weight is 269 g/mol. The van der Waals surface area contributed by atoms with Crippen LogP contribution >= 0.6 is 12.2 Å². The predicted molar refractivity (Wildman–Crippen MR) is 67.7 cm³/mol. The fourth-order valence-electron chi connectivity index (χ4n) is 1.04. The van der Waals surface area contributed by atoms with Gasteiger partial charge in [0.1, 0.15) is 0 Å². The smallest absolute Gasteiger partial charge is 0.209 e. The second-order valence-electron chi connectivity index (χ2n) is 3.48. The van der Waals surface area contributed by atoms with Gasteiger partial charge < -0.3 is 15.4 Å². The number of thiocarbonyl (C=S) groups is 1. The molecule has 0 saturated carbocycles. The topological polar surface area (TPSA) is 93.4 Å². The van der Waals surface area contributed by atoms with Gasteiger partial charge >= 0.3 is 0 Å². The van der Waals surface area contributed by atoms with Gasteiger partial charge in [-0.3, -0.25) is 0 Å². The minimum absolute atomic E-state index is 0.0454. The van der Waals surface area contributed by atoms with Crippen LogP contribution in [0, 0.1) is 0 Å². The fourth-order valence-corrected chi connectivity index (χ4v) is 1.89. The van der Waals surface area contributed by atoms with Gasteiger partial charge in [-0.25, -0.2) is 13.6 Å². The Morgan fingerprint density at radius 2 is 2.19 bits per heavy atom. The van der Waals surface area contributed by atoms with E-state index in [0.717, 1.165) is 0 Å². The summed E-state index contributed by atoms with van der Waals surface area (Å²) in [6.07, 6.45) is 0.430. The minimum Gasteiger partial charge on any atom is -0.383 e. The molecule has 0 aromatic heterocycles. The highest BCUT2D eigenvalue weighted by Gasteiger charge is 2.04. The number of hydrogen-bond acceptors (Lipinski definition) is 4. The Morgan fingerprint density at radius 3 is 2.69 bits per heavy atom. The Morgan fingerprint density at radius 1 is 1.56 bits per heavy atom. The summed E-state index contributed by atoms with van der Waals surface area (Å²) in [4.78, 5) is 0. The Hall–Kier alpha value is -0.440. The molecule has 0 heterocycles. The van der Waals surface area contributed by atoms with Gasteiger partial charge in [-0.15, -0.1) is 0 Å². The van der Waals surface area contributed by atoms with Crippen molar-refractivity contribution >= 4 is 27.4 Å². The van der Waals surface area contributed by atoms with Crippen molar-refractivity contribution in [1.82, 2.24) is 10.6 Å². The van der Waals surface area contributed by atoms with Crippen molar-refractivity contribution < 1.29 is 13.2 Å². The number of primary sulfonamides is 1. The van der Waals surface area contributed by atoms with Gasteiger partial charge in [0.25, 0.3) is 0 Å². The van der Waals surface area contributed by atoms with Crippen LogP contribution in [-0.4, -0.2) is 45.6 Å². The highest BCUT2D eigenvalue weighted by molar-refractivity contribution is 7.89. The third-order valence-electron chi connectivity index (χ3n) is 1.69. The van der Waals surface area contributed by atoms with Crippen LogP contribution in [0.25, 0.3) is 0 Å². The number of nitrogens with one attached hydrogen (secondary N) is 2. The maximum absolute atomic E-state index is 10.6. The molecule has 0 bridgehead atoms. The van der Waals surface area contributed by atoms with Gasteiger partial charge in [-0.2, -0.15) is 0 Å². The number of sulfonamides is 1. The molecule has 1 atom stereocenters. The number of ether oxygens (including phenoxy) is 1. The van der Waals surface area contributed by atoms with Crippen LogP contribution in [0.1, 0.15) is 13.3 Å². The maximum atomic E-state index is 10.6. The minimum atomic E-state index is -3.38. The van der Waals surface area contributed by atoms with Crippen LogP contribution in [-0.2, 0) is 14.8 Å². The summed E-state index contributed by atoms with van der Waals surface area (Å²) in [6, 6.07) is 0.114. The monoisotopic (exact) mass is 269 g/mol. The first-order valence-corrected chi connectivity index (χ1v) is 7.01. The van der Waals surface area contributed by atoms with Crippen molar-refractivity contribution in [2.45, 2.75) is 19.4 Å². The summed E-state index contributed by atoms with van der Waals surface area (Å²) in [5, 5.41) is 11.2. The van der Waals surface area contributed by atoms with Crippen molar-refractivity contribution in [1.29, 1.82) is 0 Å². The van der Waals surface area contributed by atoms with Crippen LogP contribution < -0.4 is 15.8 Å². The largest absolute Gasteiger partial charge is 0.383 e. The number of rotatable bonds is 7. The van der Waals surface area contributed by atoms with E-state index in [9.17, 15) is 8.42 Å². The molecule has 4 N–H and O–H groups in total. The van der Waals surface area contributed by atoms with Crippen molar-refractivity contribution in [3.63, 3.8) is 0 Å². The first-order chi connectivity index (χ1) is 7.35. The van der Waals surface area contributed by atoms with Crippen molar-refractivity contribution in [2.24, 2.45) is 5.14 Å². The zero-order valence-corrected chi connectivity index (χ0v) is 11.2. The van der Waals surface area contributed by atoms with Crippen LogP contribution in [0.4, 0.5) is 0 Å². The molecule has 96 valence electrons. The van der Waals surface area contributed by atoms with Gasteiger partial charge in [0, 0.05) is 19.7 Å². The van der Waals surface area contributed by atoms with Gasteiger partial charge in [0.15, 0.2) is 5.11 Å². The normalized spacial score (nSPS) is 13.2. The SMILES string of the molecule is COCC(C)NC(=S)NCCCS(N)(=O)=O. The predicted octanol–water partition coefficient (Wildman–Crippen LogP) is -0.836. The van der Waals surface area contributed by atoms with E-state index in [0.29, 0.717) is 24.7 Å². The van der Waals surface area contributed by atoms with Crippen LogP contribution in [0.5, 0.6) is 0 Å². The summed E-state index contributed by atoms with van der Waals surface area (Å²) in [7, 11) is -1.77. The van der Waals surface area contributed by atoms with E-state index < -0.39 is 10.0 Å². The summed E-state index contributed by atoms with van der Waals surface area (Å²) in [5.41, 5.74) is 0. The molecule has 0 aliphatic rings. The van der Waals surface area contributed by atoms with Crippen LogP contribution in [0.2, 0.25) is 0 Å². The molecule has 0 aliphatic heterocycles. The molecule has 0 rings (SSSR count). The quantitative estimate of drug-likeness (QED) is 0.412. The zero-order valence-electron chi connectivity index (χ0n) is 9.52. The zero-order chi connectivity index (χ0) is 12.6. The van der Waals surface area contributed by atoms with Crippen LogP contribution in [0.3, 0.4) is 0 Å². The molecule has 0 aliphatic carbocycles. The Bertz CT molecular complexity index is 306. The molecule has 0 saturated heterocycles. The third-order valence-corrected chi connectivity index (χ3v) is 2.81. The first-order valence-electron chi connectivity index (χ1n) is 4.89. The second kappa shape index (κ2) is 7.77. The van der Waals surface area contributed by atoms with Gasteiger partial charge in [-0.05, 0) is 25.6 Å². The Kier molecular flexibility index (Phi) is 7.56. The molecule has 16 heavy (non-hydrogen) atoms. The molecule has 0 spiro atoms. The third kappa shape index (κ3) is 10.1. The van der Waals surface area contributed by atoms with E-state index >= 15 is 0 Å². The standard InChI is InChI=1S/C8H19N3O3S2/c1-7(6-14-2)11-8(15)10-4-3-5-16(9,12)13/h7H,3-6H2,1-2H3,(H2,9,12,13)(H2,10,11,15). The lowest BCUT2D eigenvalue weighted by Gasteiger charge is -2.15. The lowest BCUT2D eigenvalue weighted by atomic mass is 10.4. The van der Waals surface area contributed by atoms with E-state index in [2.05, 4.69) is 10.6 Å². The molecule has 0 aromatic rings. The summed E-state index contributed by atoms with van der Waals surface area (Å²) >= 11 is 4.99. The summed E-state index contributed by atoms with van der Waals surface area (Å²) in [6.45, 7) is 2.96. The fraction of sp³-hybridized carbons (Fsp3) is 0.875. The first kappa shape index (κ1) is 15.6. The van der Waals surface area contributed by atoms with Gasteiger partial charge in [-0.1, -0.05) is 0 Å². The molecule has 0 fully saturated rings. The molecule has 6 nitrogen and oxygen atoms in total. The molecule has 0 radical (unpaired) electrons. The summed E-state index contributed by atoms with van der Waals surface area (Å²) < 4.78 is 26.2. The molecule has 8 heteroatoms. The molecular weight excluding hydrogens is 250 g/mol. The Balaban J connectivity index is 3.59. The number of methoxy groups -OCH3 is 1. The lowest BCUT2D eigenvalue weighted by Crippen LogP contribution is -2.43. The highest BCUT2D eigenvalue weighted by Crippen LogP contribution is 1.85. The van der Waals surface area contributed by atoms with Crippen molar-refractivity contribution in [3.05, 3.63) is 0 Å². The van der Waals surface area contributed by atoms with Gasteiger partial charge in [0.05, 0.1) is 12.4 Å². The second-order valence-corrected chi connectivity index (χ2v) is 5.62. The molecule has 1 unspecified atom stereocenters. The summed E-state index contributed by atoms with van der Waals surface area (Å²) in [5.74, 6) is -0.0454. The maximum Gasteiger partial charge on any atom is 0.209 e. The molecule has 0 aromatic carbocycles. The van der Waals surface area contributed by atoms with Crippen molar-refractivity contribution in [3.8, 4) is 0 Å². The van der Waals surface area contributed by atoms with E-state index in [-0.39, 0.29) is 11.8 Å². The van der Waals surface area contributed by atoms with Crippen LogP contribution in [0.15, 0.2) is 0 Å². The average Bonchev–Trinajstić information content (AvgIpc) is 2.11. The van der Waals surface area contributed by atoms with Crippen molar-refractivity contribution in [2.75, 3.05) is 26.0 Å². The molecule has 0 amide bonds. The van der Waals surface area contributed by atoms with Gasteiger partial charge in [0.2, 0.25) is 10.0 Å². The van der Waals surface area contributed by atoms with E-state index in [1.807, 2.05) is 6.92 Å². The number of hydrogen-bond donors (Lipinski definition) is 3. The molecular formula is C8H19N3O3S2. The van der Waals surface area contributed by atoms with E-state index in [1.165, 1.54) is 0 Å². The number of nitrogens with two attached hydrogens (primary N) is 1. The Labute approximate surface area is 102 Å². The van der Waals surface area contributed by atoms with E-state index in [4.69, 9.17) is 22.1 Å². The lowest BCUT2D eigenvalue weighted by molar-refractivity contribution is 0.179. The highest BCUT2D eigenvalue weighted by atomic mass is 32.2. The van der Waals surface area contributed by atoms with E-state index in [1.54, 1.807) is 7.11 Å².